The van der Waals surface area contributed by atoms with E-state index in [0.29, 0.717) is 0 Å². The minimum atomic E-state index is -1.03. The lowest BCUT2D eigenvalue weighted by molar-refractivity contribution is -0.142. The molecule has 0 aliphatic heterocycles. The molecule has 0 aliphatic rings. The Kier molecular flexibility index (Phi) is 5.96. The first kappa shape index (κ1) is 16.8. The van der Waals surface area contributed by atoms with Crippen LogP contribution in [0.15, 0.2) is 30.3 Å². The molecule has 1 aromatic rings. The Hall–Kier alpha value is -2.30. The molecule has 0 aromatic heterocycles. The summed E-state index contributed by atoms with van der Waals surface area (Å²) in [6.45, 7) is 3.51. The number of hydrogen-bond donors (Lipinski definition) is 2. The summed E-state index contributed by atoms with van der Waals surface area (Å²) < 4.78 is 0. The van der Waals surface area contributed by atoms with Crippen molar-refractivity contribution >= 4 is 23.6 Å². The van der Waals surface area contributed by atoms with Crippen LogP contribution >= 0.6 is 0 Å². The van der Waals surface area contributed by atoms with E-state index >= 15 is 0 Å². The van der Waals surface area contributed by atoms with Crippen LogP contribution in [0.2, 0.25) is 0 Å². The summed E-state index contributed by atoms with van der Waals surface area (Å²) in [4.78, 5) is 24.7. The van der Waals surface area contributed by atoms with E-state index in [4.69, 9.17) is 5.11 Å². The van der Waals surface area contributed by atoms with Crippen LogP contribution in [0.5, 0.6) is 0 Å². The number of carboxylic acids is 1. The fraction of sp³-hybridized carbons (Fsp3) is 0.375. The van der Waals surface area contributed by atoms with Gasteiger partial charge in [0, 0.05) is 25.9 Å². The minimum absolute atomic E-state index is 0.167. The first-order chi connectivity index (χ1) is 9.81. The molecule has 0 spiro atoms. The number of anilines is 1. The van der Waals surface area contributed by atoms with Gasteiger partial charge in [0.25, 0.3) is 0 Å². The maximum atomic E-state index is 11.7. The van der Waals surface area contributed by atoms with Gasteiger partial charge in [-0.15, -0.1) is 0 Å². The predicted molar refractivity (Wildman–Crippen MR) is 84.2 cm³/mol. The zero-order valence-electron chi connectivity index (χ0n) is 12.8. The lowest BCUT2D eigenvalue weighted by Crippen LogP contribution is -2.43. The molecule has 0 aliphatic carbocycles. The molecule has 21 heavy (non-hydrogen) atoms. The van der Waals surface area contributed by atoms with E-state index in [1.165, 1.54) is 6.08 Å². The zero-order valence-corrected chi connectivity index (χ0v) is 12.8. The maximum Gasteiger partial charge on any atom is 0.326 e. The third kappa shape index (κ3) is 5.30. The summed E-state index contributed by atoms with van der Waals surface area (Å²) in [5.41, 5.74) is 1.95. The Balaban J connectivity index is 2.67. The Bertz CT molecular complexity index is 519. The van der Waals surface area contributed by atoms with Crippen LogP contribution in [0.25, 0.3) is 6.08 Å². The SMILES string of the molecule is CC(C)[C@H](NC(=O)/C=C/c1ccc(N(C)C)cc1)C(=O)O. The number of carboxylic acid groups (broad SMARTS) is 1. The van der Waals surface area contributed by atoms with Crippen molar-refractivity contribution in [3.05, 3.63) is 35.9 Å². The molecular formula is C16H22N2O3. The van der Waals surface area contributed by atoms with E-state index in [1.54, 1.807) is 19.9 Å². The van der Waals surface area contributed by atoms with Crippen molar-refractivity contribution < 1.29 is 14.7 Å². The van der Waals surface area contributed by atoms with Crippen molar-refractivity contribution in [2.45, 2.75) is 19.9 Å². The van der Waals surface area contributed by atoms with Crippen LogP contribution in [-0.2, 0) is 9.59 Å². The molecule has 0 fully saturated rings. The second-order valence-electron chi connectivity index (χ2n) is 5.39. The van der Waals surface area contributed by atoms with Gasteiger partial charge in [-0.05, 0) is 29.7 Å². The lowest BCUT2D eigenvalue weighted by Gasteiger charge is -2.16. The summed E-state index contributed by atoms with van der Waals surface area (Å²) >= 11 is 0. The maximum absolute atomic E-state index is 11.7. The highest BCUT2D eigenvalue weighted by Crippen LogP contribution is 2.13. The van der Waals surface area contributed by atoms with Crippen molar-refractivity contribution in [2.24, 2.45) is 5.92 Å². The smallest absolute Gasteiger partial charge is 0.326 e. The van der Waals surface area contributed by atoms with E-state index in [1.807, 2.05) is 43.3 Å². The van der Waals surface area contributed by atoms with Crippen LogP contribution in [0.3, 0.4) is 0 Å². The van der Waals surface area contributed by atoms with E-state index in [-0.39, 0.29) is 5.92 Å². The molecule has 1 aromatic carbocycles. The van der Waals surface area contributed by atoms with Gasteiger partial charge in [0.1, 0.15) is 6.04 Å². The molecular weight excluding hydrogens is 268 g/mol. The number of carbonyl (C=O) groups is 2. The standard InChI is InChI=1S/C16H22N2O3/c1-11(2)15(16(20)21)17-14(19)10-7-12-5-8-13(9-6-12)18(3)4/h5-11,15H,1-4H3,(H,17,19)(H,20,21)/b10-7+/t15-/m0/s1. The molecule has 0 bridgehead atoms. The molecule has 0 heterocycles. The molecule has 1 rings (SSSR count). The van der Waals surface area contributed by atoms with Crippen molar-refractivity contribution in [1.82, 2.24) is 5.32 Å². The van der Waals surface area contributed by atoms with Gasteiger partial charge in [0.15, 0.2) is 0 Å². The largest absolute Gasteiger partial charge is 0.480 e. The molecule has 0 unspecified atom stereocenters. The topological polar surface area (TPSA) is 69.6 Å². The molecule has 0 radical (unpaired) electrons. The summed E-state index contributed by atoms with van der Waals surface area (Å²) in [5, 5.41) is 11.5. The van der Waals surface area contributed by atoms with Crippen LogP contribution in [0.4, 0.5) is 5.69 Å². The van der Waals surface area contributed by atoms with Crippen molar-refractivity contribution in [1.29, 1.82) is 0 Å². The predicted octanol–water partition coefficient (Wildman–Crippen LogP) is 1.99. The van der Waals surface area contributed by atoms with Crippen LogP contribution in [0, 0.1) is 5.92 Å². The third-order valence-corrected chi connectivity index (χ3v) is 3.07. The average Bonchev–Trinajstić information content (AvgIpc) is 2.42. The van der Waals surface area contributed by atoms with Gasteiger partial charge >= 0.3 is 5.97 Å². The number of benzene rings is 1. The quantitative estimate of drug-likeness (QED) is 0.786. The summed E-state index contributed by atoms with van der Waals surface area (Å²) in [7, 11) is 3.91. The van der Waals surface area contributed by atoms with Gasteiger partial charge in [-0.25, -0.2) is 4.79 Å². The highest BCUT2D eigenvalue weighted by atomic mass is 16.4. The highest BCUT2D eigenvalue weighted by molar-refractivity contribution is 5.94. The van der Waals surface area contributed by atoms with Crippen LogP contribution < -0.4 is 10.2 Å². The molecule has 1 amide bonds. The summed E-state index contributed by atoms with van der Waals surface area (Å²) in [6.07, 6.45) is 3.01. The molecule has 2 N–H and O–H groups in total. The molecule has 5 heteroatoms. The average molecular weight is 290 g/mol. The molecule has 0 saturated carbocycles. The molecule has 0 saturated heterocycles. The second kappa shape index (κ2) is 7.47. The number of carbonyl (C=O) groups excluding carboxylic acids is 1. The van der Waals surface area contributed by atoms with E-state index in [0.717, 1.165) is 11.3 Å². The lowest BCUT2D eigenvalue weighted by atomic mass is 10.0. The molecule has 114 valence electrons. The molecule has 5 nitrogen and oxygen atoms in total. The fourth-order valence-electron chi connectivity index (χ4n) is 1.77. The monoisotopic (exact) mass is 290 g/mol. The van der Waals surface area contributed by atoms with Crippen molar-refractivity contribution in [2.75, 3.05) is 19.0 Å². The third-order valence-electron chi connectivity index (χ3n) is 3.07. The summed E-state index contributed by atoms with van der Waals surface area (Å²) in [6, 6.07) is 6.82. The van der Waals surface area contributed by atoms with Gasteiger partial charge in [-0.3, -0.25) is 4.79 Å². The Morgan fingerprint density at radius 2 is 1.76 bits per heavy atom. The number of aliphatic carboxylic acids is 1. The first-order valence-corrected chi connectivity index (χ1v) is 6.80. The van der Waals surface area contributed by atoms with Crippen molar-refractivity contribution in [3.63, 3.8) is 0 Å². The Labute approximate surface area is 125 Å². The van der Waals surface area contributed by atoms with Gasteiger partial charge in [0.05, 0.1) is 0 Å². The second-order valence-corrected chi connectivity index (χ2v) is 5.39. The minimum Gasteiger partial charge on any atom is -0.480 e. The Morgan fingerprint density at radius 1 is 1.19 bits per heavy atom. The van der Waals surface area contributed by atoms with E-state index < -0.39 is 17.9 Å². The van der Waals surface area contributed by atoms with Crippen molar-refractivity contribution in [3.8, 4) is 0 Å². The van der Waals surface area contributed by atoms with Gasteiger partial charge in [-0.1, -0.05) is 26.0 Å². The van der Waals surface area contributed by atoms with Crippen LogP contribution in [0.1, 0.15) is 19.4 Å². The fourth-order valence-corrected chi connectivity index (χ4v) is 1.77. The summed E-state index contributed by atoms with van der Waals surface area (Å²) in [5.74, 6) is -1.60. The van der Waals surface area contributed by atoms with Crippen LogP contribution in [-0.4, -0.2) is 37.1 Å². The number of rotatable bonds is 6. The number of hydrogen-bond acceptors (Lipinski definition) is 3. The van der Waals surface area contributed by atoms with E-state index in [9.17, 15) is 9.59 Å². The number of amides is 1. The molecule has 1 atom stereocenters. The van der Waals surface area contributed by atoms with Gasteiger partial charge < -0.3 is 15.3 Å². The Morgan fingerprint density at radius 3 is 2.19 bits per heavy atom. The number of nitrogens with one attached hydrogen (secondary N) is 1. The number of nitrogens with zero attached hydrogens (tertiary/aromatic N) is 1. The zero-order chi connectivity index (χ0) is 16.0. The van der Waals surface area contributed by atoms with Gasteiger partial charge in [-0.2, -0.15) is 0 Å². The van der Waals surface area contributed by atoms with E-state index in [2.05, 4.69) is 5.32 Å². The van der Waals surface area contributed by atoms with Gasteiger partial charge in [0.2, 0.25) is 5.91 Å². The first-order valence-electron chi connectivity index (χ1n) is 6.80. The highest BCUT2D eigenvalue weighted by Gasteiger charge is 2.22. The normalized spacial score (nSPS) is 12.4.